The molecule has 0 radical (unpaired) electrons. The number of hydrogen-bond donors (Lipinski definition) is 0. The molecular weight excluding hydrogens is 290 g/mol. The highest BCUT2D eigenvalue weighted by molar-refractivity contribution is 5.05. The van der Waals surface area contributed by atoms with Gasteiger partial charge in [0, 0.05) is 63.4 Å². The Kier molecular flexibility index (Phi) is 4.18. The number of aromatic nitrogens is 4. The molecule has 0 spiro atoms. The average molecular weight is 315 g/mol. The third-order valence-corrected chi connectivity index (χ3v) is 4.71. The maximum Gasteiger partial charge on any atom is 0.122 e. The van der Waals surface area contributed by atoms with Crippen LogP contribution < -0.4 is 0 Å². The van der Waals surface area contributed by atoms with Crippen LogP contribution in [0.25, 0.3) is 0 Å². The maximum absolute atomic E-state index is 5.97. The lowest BCUT2D eigenvalue weighted by molar-refractivity contribution is 0.0705. The van der Waals surface area contributed by atoms with Gasteiger partial charge < -0.3 is 9.30 Å². The van der Waals surface area contributed by atoms with Crippen molar-refractivity contribution >= 4 is 0 Å². The molecule has 3 heterocycles. The van der Waals surface area contributed by atoms with Crippen LogP contribution in [-0.2, 0) is 31.4 Å². The molecule has 6 nitrogen and oxygen atoms in total. The molecule has 1 atom stereocenters. The van der Waals surface area contributed by atoms with Gasteiger partial charge in [-0.1, -0.05) is 0 Å². The zero-order chi connectivity index (χ0) is 15.6. The summed E-state index contributed by atoms with van der Waals surface area (Å²) in [5.74, 6) is 2.50. The van der Waals surface area contributed by atoms with Gasteiger partial charge in [0.05, 0.1) is 19.3 Å². The molecule has 0 amide bonds. The van der Waals surface area contributed by atoms with Crippen molar-refractivity contribution in [1.82, 2.24) is 24.2 Å². The van der Waals surface area contributed by atoms with Gasteiger partial charge in [-0.2, -0.15) is 5.10 Å². The van der Waals surface area contributed by atoms with Crippen LogP contribution in [0.3, 0.4) is 0 Å². The van der Waals surface area contributed by atoms with Gasteiger partial charge in [0.1, 0.15) is 5.82 Å². The van der Waals surface area contributed by atoms with Gasteiger partial charge in [0.25, 0.3) is 0 Å². The van der Waals surface area contributed by atoms with Crippen molar-refractivity contribution in [2.75, 3.05) is 19.8 Å². The molecule has 0 N–H and O–H groups in total. The molecule has 6 heteroatoms. The fraction of sp³-hybridized carbons (Fsp3) is 0.647. The van der Waals surface area contributed by atoms with Crippen LogP contribution in [0.1, 0.15) is 24.2 Å². The molecule has 1 saturated carbocycles. The molecule has 124 valence electrons. The summed E-state index contributed by atoms with van der Waals surface area (Å²) in [6.07, 6.45) is 10.8. The van der Waals surface area contributed by atoms with Crippen LogP contribution in [0.2, 0.25) is 0 Å². The summed E-state index contributed by atoms with van der Waals surface area (Å²) in [6, 6.07) is 0. The lowest BCUT2D eigenvalue weighted by atomic mass is 10.1. The third-order valence-electron chi connectivity index (χ3n) is 4.71. The Bertz CT molecular complexity index is 645. The molecule has 1 aliphatic carbocycles. The fourth-order valence-electron chi connectivity index (χ4n) is 3.35. The van der Waals surface area contributed by atoms with Crippen LogP contribution in [0.4, 0.5) is 0 Å². The van der Waals surface area contributed by atoms with Gasteiger partial charge in [-0.3, -0.25) is 9.58 Å². The monoisotopic (exact) mass is 315 g/mol. The number of imidazole rings is 1. The van der Waals surface area contributed by atoms with Gasteiger partial charge >= 0.3 is 0 Å². The normalized spacial score (nSPS) is 22.0. The number of rotatable bonds is 6. The first-order chi connectivity index (χ1) is 11.3. The van der Waals surface area contributed by atoms with Gasteiger partial charge in [-0.25, -0.2) is 4.98 Å². The molecule has 1 aliphatic heterocycles. The van der Waals surface area contributed by atoms with E-state index in [0.29, 0.717) is 5.92 Å². The van der Waals surface area contributed by atoms with E-state index in [0.717, 1.165) is 51.1 Å². The van der Waals surface area contributed by atoms with E-state index in [2.05, 4.69) is 31.9 Å². The molecule has 1 fully saturated rings. The summed E-state index contributed by atoms with van der Waals surface area (Å²) >= 11 is 0. The molecule has 2 aliphatic rings. The molecule has 23 heavy (non-hydrogen) atoms. The van der Waals surface area contributed by atoms with E-state index in [1.807, 2.05) is 24.1 Å². The van der Waals surface area contributed by atoms with Crippen molar-refractivity contribution in [2.45, 2.75) is 32.5 Å². The zero-order valence-electron chi connectivity index (χ0n) is 13.8. The Morgan fingerprint density at radius 2 is 2.09 bits per heavy atom. The van der Waals surface area contributed by atoms with Crippen LogP contribution in [0.15, 0.2) is 24.8 Å². The Balaban J connectivity index is 1.42. The summed E-state index contributed by atoms with van der Waals surface area (Å²) in [7, 11) is 1.97. The number of hydrogen-bond acceptors (Lipinski definition) is 4. The van der Waals surface area contributed by atoms with E-state index < -0.39 is 0 Å². The highest BCUT2D eigenvalue weighted by Crippen LogP contribution is 2.29. The lowest BCUT2D eigenvalue weighted by Gasteiger charge is -2.23. The number of nitrogens with zero attached hydrogens (tertiary/aromatic N) is 5. The van der Waals surface area contributed by atoms with Crippen LogP contribution >= 0.6 is 0 Å². The molecular formula is C17H25N5O. The minimum Gasteiger partial charge on any atom is -0.381 e. The number of ether oxygens (including phenoxy) is 1. The second-order valence-corrected chi connectivity index (χ2v) is 7.03. The Morgan fingerprint density at radius 1 is 1.22 bits per heavy atom. The molecule has 2 aromatic rings. The van der Waals surface area contributed by atoms with Crippen molar-refractivity contribution in [1.29, 1.82) is 0 Å². The molecule has 0 saturated heterocycles. The molecule has 0 unspecified atom stereocenters. The maximum atomic E-state index is 5.97. The highest BCUT2D eigenvalue weighted by atomic mass is 16.5. The quantitative estimate of drug-likeness (QED) is 0.814. The molecule has 2 aromatic heterocycles. The van der Waals surface area contributed by atoms with Gasteiger partial charge in [0.15, 0.2) is 0 Å². The van der Waals surface area contributed by atoms with Crippen molar-refractivity contribution in [3.8, 4) is 0 Å². The Morgan fingerprint density at radius 3 is 2.87 bits per heavy atom. The summed E-state index contributed by atoms with van der Waals surface area (Å²) in [4.78, 5) is 6.99. The first-order valence-corrected chi connectivity index (χ1v) is 8.54. The van der Waals surface area contributed by atoms with Crippen molar-refractivity contribution in [3.05, 3.63) is 36.2 Å². The lowest BCUT2D eigenvalue weighted by Crippen LogP contribution is -2.30. The SMILES string of the molecule is Cn1cc(CN2Cc3nccn3C[C@@H](COCC3CC3)C2)cn1. The van der Waals surface area contributed by atoms with Gasteiger partial charge in [-0.05, 0) is 18.8 Å². The fourth-order valence-corrected chi connectivity index (χ4v) is 3.35. The van der Waals surface area contributed by atoms with Crippen LogP contribution in [0.5, 0.6) is 0 Å². The molecule has 0 aromatic carbocycles. The minimum absolute atomic E-state index is 0.515. The van der Waals surface area contributed by atoms with Crippen molar-refractivity contribution in [3.63, 3.8) is 0 Å². The van der Waals surface area contributed by atoms with E-state index in [1.54, 1.807) is 0 Å². The standard InChI is InChI=1S/C17H25N5O/c1-20-7-15(6-19-20)8-21-9-16(13-23-12-14-2-3-14)10-22-5-4-18-17(22)11-21/h4-7,14,16H,2-3,8-13H2,1H3/t16-/m0/s1. The Labute approximate surface area is 137 Å². The van der Waals surface area contributed by atoms with E-state index in [-0.39, 0.29) is 0 Å². The van der Waals surface area contributed by atoms with E-state index in [4.69, 9.17) is 4.74 Å². The topological polar surface area (TPSA) is 48.1 Å². The van der Waals surface area contributed by atoms with E-state index in [1.165, 1.54) is 18.4 Å². The predicted octanol–water partition coefficient (Wildman–Crippen LogP) is 1.68. The minimum atomic E-state index is 0.515. The summed E-state index contributed by atoms with van der Waals surface area (Å²) in [5.41, 5.74) is 1.25. The summed E-state index contributed by atoms with van der Waals surface area (Å²) in [5, 5.41) is 4.28. The zero-order valence-corrected chi connectivity index (χ0v) is 13.8. The van der Waals surface area contributed by atoms with Crippen molar-refractivity contribution < 1.29 is 4.74 Å². The second kappa shape index (κ2) is 6.45. The van der Waals surface area contributed by atoms with Gasteiger partial charge in [0.2, 0.25) is 0 Å². The smallest absolute Gasteiger partial charge is 0.122 e. The predicted molar refractivity (Wildman–Crippen MR) is 86.6 cm³/mol. The average Bonchev–Trinajstić information content (AvgIpc) is 3.16. The molecule has 0 bridgehead atoms. The summed E-state index contributed by atoms with van der Waals surface area (Å²) < 4.78 is 10.1. The second-order valence-electron chi connectivity index (χ2n) is 7.03. The summed E-state index contributed by atoms with van der Waals surface area (Å²) in [6.45, 7) is 5.64. The number of fused-ring (bicyclic) bond motifs is 1. The van der Waals surface area contributed by atoms with E-state index in [9.17, 15) is 0 Å². The third kappa shape index (κ3) is 3.82. The van der Waals surface area contributed by atoms with Crippen LogP contribution in [-0.4, -0.2) is 44.0 Å². The first kappa shape index (κ1) is 14.9. The van der Waals surface area contributed by atoms with E-state index >= 15 is 0 Å². The largest absolute Gasteiger partial charge is 0.381 e. The highest BCUT2D eigenvalue weighted by Gasteiger charge is 2.25. The molecule has 4 rings (SSSR count). The van der Waals surface area contributed by atoms with Crippen LogP contribution in [0, 0.1) is 11.8 Å². The van der Waals surface area contributed by atoms with Crippen molar-refractivity contribution in [2.24, 2.45) is 18.9 Å². The number of aryl methyl sites for hydroxylation is 1. The van der Waals surface area contributed by atoms with Gasteiger partial charge in [-0.15, -0.1) is 0 Å². The first-order valence-electron chi connectivity index (χ1n) is 8.54. The Hall–Kier alpha value is -1.66.